The zero-order valence-corrected chi connectivity index (χ0v) is 21.5. The van der Waals surface area contributed by atoms with Crippen molar-refractivity contribution in [3.8, 4) is 0 Å². The van der Waals surface area contributed by atoms with Gasteiger partial charge in [-0.3, -0.25) is 9.59 Å². The summed E-state index contributed by atoms with van der Waals surface area (Å²) >= 11 is 0. The molecule has 0 spiro atoms. The topological polar surface area (TPSA) is 46.6 Å². The fourth-order valence-corrected chi connectivity index (χ4v) is 4.04. The summed E-state index contributed by atoms with van der Waals surface area (Å²) < 4.78 is 5.36. The van der Waals surface area contributed by atoms with Crippen molar-refractivity contribution in [3.63, 3.8) is 0 Å². The molecule has 0 aliphatic heterocycles. The molecule has 0 aliphatic rings. The molecule has 0 saturated carbocycles. The van der Waals surface area contributed by atoms with Gasteiger partial charge in [-0.25, -0.2) is 0 Å². The standard InChI is InChI=1S/C29H49NO3/c1-3-5-7-8-9-10-11-12-13-14-15-19-26-33-29(32)24-20-23-28(31)30(25-6-4-2)27-21-17-16-18-22-27/h16-18,21-22H,3-15,19-20,23-26H2,1-2H3. The minimum atomic E-state index is -0.175. The lowest BCUT2D eigenvalue weighted by atomic mass is 10.1. The van der Waals surface area contributed by atoms with E-state index in [0.717, 1.165) is 37.9 Å². The molecule has 0 fully saturated rings. The molecule has 1 aromatic rings. The van der Waals surface area contributed by atoms with Crippen LogP contribution in [0.3, 0.4) is 0 Å². The average molecular weight is 460 g/mol. The van der Waals surface area contributed by atoms with Gasteiger partial charge in [0.05, 0.1) is 6.61 Å². The van der Waals surface area contributed by atoms with Crippen molar-refractivity contribution in [2.24, 2.45) is 0 Å². The van der Waals surface area contributed by atoms with Crippen LogP contribution in [0.1, 0.15) is 123 Å². The molecule has 0 aliphatic carbocycles. The number of esters is 1. The monoisotopic (exact) mass is 459 g/mol. The Morgan fingerprint density at radius 3 is 1.79 bits per heavy atom. The van der Waals surface area contributed by atoms with Gasteiger partial charge >= 0.3 is 5.97 Å². The minimum absolute atomic E-state index is 0.0865. The minimum Gasteiger partial charge on any atom is -0.466 e. The second-order valence-corrected chi connectivity index (χ2v) is 9.20. The maximum atomic E-state index is 12.7. The summed E-state index contributed by atoms with van der Waals surface area (Å²) in [5.41, 5.74) is 0.936. The highest BCUT2D eigenvalue weighted by molar-refractivity contribution is 5.93. The molecule has 188 valence electrons. The Balaban J connectivity index is 2.03. The normalized spacial score (nSPS) is 10.8. The molecule has 1 rings (SSSR count). The number of hydrogen-bond acceptors (Lipinski definition) is 3. The maximum absolute atomic E-state index is 12.7. The van der Waals surface area contributed by atoms with Gasteiger partial charge in [0.25, 0.3) is 0 Å². The number of anilines is 1. The molecule has 0 heterocycles. The third-order valence-corrected chi connectivity index (χ3v) is 6.14. The highest BCUT2D eigenvalue weighted by atomic mass is 16.5. The number of rotatable bonds is 21. The molecule has 0 bridgehead atoms. The molecule has 1 aromatic carbocycles. The predicted molar refractivity (Wildman–Crippen MR) is 140 cm³/mol. The van der Waals surface area contributed by atoms with Crippen LogP contribution in [-0.2, 0) is 14.3 Å². The largest absolute Gasteiger partial charge is 0.466 e. The third-order valence-electron chi connectivity index (χ3n) is 6.14. The summed E-state index contributed by atoms with van der Waals surface area (Å²) in [6, 6.07) is 9.80. The van der Waals surface area contributed by atoms with Gasteiger partial charge in [0.2, 0.25) is 5.91 Å². The van der Waals surface area contributed by atoms with Crippen LogP contribution in [-0.4, -0.2) is 25.0 Å². The smallest absolute Gasteiger partial charge is 0.305 e. The van der Waals surface area contributed by atoms with E-state index in [9.17, 15) is 9.59 Å². The van der Waals surface area contributed by atoms with E-state index in [2.05, 4.69) is 13.8 Å². The van der Waals surface area contributed by atoms with Crippen molar-refractivity contribution in [1.29, 1.82) is 0 Å². The van der Waals surface area contributed by atoms with Crippen LogP contribution in [0.25, 0.3) is 0 Å². The van der Waals surface area contributed by atoms with Crippen LogP contribution < -0.4 is 4.90 Å². The van der Waals surface area contributed by atoms with Crippen LogP contribution in [0.2, 0.25) is 0 Å². The van der Waals surface area contributed by atoms with Crippen LogP contribution in [0.15, 0.2) is 30.3 Å². The fourth-order valence-electron chi connectivity index (χ4n) is 4.04. The second kappa shape index (κ2) is 20.7. The second-order valence-electron chi connectivity index (χ2n) is 9.20. The number of ether oxygens (including phenoxy) is 1. The zero-order valence-electron chi connectivity index (χ0n) is 21.5. The van der Waals surface area contributed by atoms with Gasteiger partial charge < -0.3 is 9.64 Å². The highest BCUT2D eigenvalue weighted by Crippen LogP contribution is 2.17. The zero-order chi connectivity index (χ0) is 24.0. The summed E-state index contributed by atoms with van der Waals surface area (Å²) in [6.07, 6.45) is 18.8. The lowest BCUT2D eigenvalue weighted by Crippen LogP contribution is -2.31. The number of amides is 1. The van der Waals surface area contributed by atoms with Crippen molar-refractivity contribution in [2.75, 3.05) is 18.1 Å². The van der Waals surface area contributed by atoms with Gasteiger partial charge in [-0.2, -0.15) is 0 Å². The van der Waals surface area contributed by atoms with Crippen molar-refractivity contribution < 1.29 is 14.3 Å². The van der Waals surface area contributed by atoms with Crippen molar-refractivity contribution >= 4 is 17.6 Å². The predicted octanol–water partition coefficient (Wildman–Crippen LogP) is 8.23. The van der Waals surface area contributed by atoms with E-state index in [1.807, 2.05) is 35.2 Å². The van der Waals surface area contributed by atoms with Crippen molar-refractivity contribution in [1.82, 2.24) is 0 Å². The van der Waals surface area contributed by atoms with E-state index in [4.69, 9.17) is 4.74 Å². The first-order valence-electron chi connectivity index (χ1n) is 13.7. The lowest BCUT2D eigenvalue weighted by Gasteiger charge is -2.22. The number of carbonyl (C=O) groups excluding carboxylic acids is 2. The van der Waals surface area contributed by atoms with E-state index in [-0.39, 0.29) is 11.9 Å². The molecular formula is C29H49NO3. The Morgan fingerprint density at radius 2 is 1.21 bits per heavy atom. The quantitative estimate of drug-likeness (QED) is 0.137. The molecule has 0 unspecified atom stereocenters. The Morgan fingerprint density at radius 1 is 0.667 bits per heavy atom. The van der Waals surface area contributed by atoms with E-state index in [1.165, 1.54) is 64.2 Å². The molecule has 4 heteroatoms. The molecule has 33 heavy (non-hydrogen) atoms. The summed E-state index contributed by atoms with van der Waals surface area (Å²) in [7, 11) is 0. The maximum Gasteiger partial charge on any atom is 0.305 e. The first-order chi connectivity index (χ1) is 16.2. The average Bonchev–Trinajstić information content (AvgIpc) is 2.83. The van der Waals surface area contributed by atoms with Gasteiger partial charge in [-0.15, -0.1) is 0 Å². The first kappa shape index (κ1) is 29.2. The van der Waals surface area contributed by atoms with Crippen LogP contribution in [0, 0.1) is 0 Å². The van der Waals surface area contributed by atoms with Gasteiger partial charge in [0, 0.05) is 25.1 Å². The van der Waals surface area contributed by atoms with E-state index < -0.39 is 0 Å². The molecular weight excluding hydrogens is 410 g/mol. The van der Waals surface area contributed by atoms with E-state index >= 15 is 0 Å². The number of benzene rings is 1. The number of hydrogen-bond donors (Lipinski definition) is 0. The number of carbonyl (C=O) groups is 2. The molecule has 4 nitrogen and oxygen atoms in total. The van der Waals surface area contributed by atoms with Crippen LogP contribution in [0.5, 0.6) is 0 Å². The van der Waals surface area contributed by atoms with E-state index in [0.29, 0.717) is 25.9 Å². The Bertz CT molecular complexity index is 602. The summed E-state index contributed by atoms with van der Waals surface area (Å²) in [5, 5.41) is 0. The number of unbranched alkanes of at least 4 members (excludes halogenated alkanes) is 12. The third kappa shape index (κ3) is 15.6. The fraction of sp³-hybridized carbons (Fsp3) is 0.724. The van der Waals surface area contributed by atoms with Crippen LogP contribution >= 0.6 is 0 Å². The van der Waals surface area contributed by atoms with E-state index in [1.54, 1.807) is 0 Å². The Labute approximate surface area is 203 Å². The van der Waals surface area contributed by atoms with Crippen molar-refractivity contribution in [2.45, 2.75) is 123 Å². The SMILES string of the molecule is CCCCCCCCCCCCCCOC(=O)CCCC(=O)N(CCCC)c1ccccc1. The molecule has 0 saturated heterocycles. The molecule has 0 radical (unpaired) electrons. The Hall–Kier alpha value is -1.84. The molecule has 0 N–H and O–H groups in total. The summed E-state index contributed by atoms with van der Waals surface area (Å²) in [4.78, 5) is 26.5. The summed E-state index contributed by atoms with van der Waals surface area (Å²) in [6.45, 7) is 5.62. The van der Waals surface area contributed by atoms with Gasteiger partial charge in [-0.1, -0.05) is 109 Å². The van der Waals surface area contributed by atoms with Gasteiger partial charge in [-0.05, 0) is 31.4 Å². The highest BCUT2D eigenvalue weighted by Gasteiger charge is 2.15. The van der Waals surface area contributed by atoms with Gasteiger partial charge in [0.15, 0.2) is 0 Å². The molecule has 1 amide bonds. The molecule has 0 aromatic heterocycles. The molecule has 0 atom stereocenters. The lowest BCUT2D eigenvalue weighted by molar-refractivity contribution is -0.143. The number of nitrogens with zero attached hydrogens (tertiary/aromatic N) is 1. The Kier molecular flexibility index (Phi) is 18.4. The van der Waals surface area contributed by atoms with Gasteiger partial charge in [0.1, 0.15) is 0 Å². The summed E-state index contributed by atoms with van der Waals surface area (Å²) in [5.74, 6) is -0.0888. The number of para-hydroxylation sites is 1. The van der Waals surface area contributed by atoms with Crippen LogP contribution in [0.4, 0.5) is 5.69 Å². The first-order valence-corrected chi connectivity index (χ1v) is 13.7. The van der Waals surface area contributed by atoms with Crippen molar-refractivity contribution in [3.05, 3.63) is 30.3 Å².